The van der Waals surface area contributed by atoms with Crippen LogP contribution in [-0.2, 0) is 20.6 Å². The number of rotatable bonds is 9. The highest BCUT2D eigenvalue weighted by atomic mass is 35.5. The van der Waals surface area contributed by atoms with Gasteiger partial charge in [-0.1, -0.05) is 18.5 Å². The Bertz CT molecular complexity index is 851. The minimum atomic E-state index is -4.76. The Balaban J connectivity index is 1.95. The summed E-state index contributed by atoms with van der Waals surface area (Å²) in [6.07, 6.45) is -1.99. The first-order chi connectivity index (χ1) is 14.7. The van der Waals surface area contributed by atoms with Gasteiger partial charge in [0.25, 0.3) is 0 Å². The Morgan fingerprint density at radius 2 is 1.97 bits per heavy atom. The lowest BCUT2D eigenvalue weighted by Crippen LogP contribution is -2.30. The van der Waals surface area contributed by atoms with Crippen molar-refractivity contribution in [3.8, 4) is 0 Å². The molecule has 0 bridgehead atoms. The van der Waals surface area contributed by atoms with Crippen LogP contribution in [0.5, 0.6) is 0 Å². The first-order valence-electron chi connectivity index (χ1n) is 9.59. The highest BCUT2D eigenvalue weighted by molar-refractivity contribution is 7.99. The van der Waals surface area contributed by atoms with E-state index < -0.39 is 17.6 Å². The van der Waals surface area contributed by atoms with Crippen LogP contribution in [0.25, 0.3) is 0 Å². The van der Waals surface area contributed by atoms with E-state index in [0.717, 1.165) is 23.9 Å². The zero-order valence-electron chi connectivity index (χ0n) is 16.7. The molecule has 1 aromatic rings. The summed E-state index contributed by atoms with van der Waals surface area (Å²) < 4.78 is 51.8. The Labute approximate surface area is 187 Å². The second-order valence-corrected chi connectivity index (χ2v) is 8.30. The molecule has 0 unspecified atom stereocenters. The number of benzene rings is 1. The maximum atomic E-state index is 13.4. The number of thioether (sulfide) groups is 1. The van der Waals surface area contributed by atoms with E-state index in [4.69, 9.17) is 16.4 Å². The van der Waals surface area contributed by atoms with Gasteiger partial charge in [0, 0.05) is 23.3 Å². The number of carbonyl (C=O) groups is 2. The van der Waals surface area contributed by atoms with Crippen LogP contribution in [-0.4, -0.2) is 23.9 Å². The number of hydroxylamine groups is 1. The molecule has 1 fully saturated rings. The predicted molar refractivity (Wildman–Crippen MR) is 111 cm³/mol. The van der Waals surface area contributed by atoms with Crippen molar-refractivity contribution in [2.45, 2.75) is 43.7 Å². The summed E-state index contributed by atoms with van der Waals surface area (Å²) >= 11 is 6.53. The average Bonchev–Trinajstić information content (AvgIpc) is 2.69. The van der Waals surface area contributed by atoms with E-state index in [-0.39, 0.29) is 47.4 Å². The van der Waals surface area contributed by atoms with Gasteiger partial charge >= 0.3 is 6.18 Å². The Hall–Kier alpha value is -1.84. The van der Waals surface area contributed by atoms with E-state index in [9.17, 15) is 27.2 Å². The summed E-state index contributed by atoms with van der Waals surface area (Å²) in [6, 6.07) is 2.85. The maximum Gasteiger partial charge on any atom is 0.419 e. The topological polar surface area (TPSA) is 55.4 Å². The lowest BCUT2D eigenvalue weighted by atomic mass is 9.81. The van der Waals surface area contributed by atoms with Crippen molar-refractivity contribution in [3.63, 3.8) is 0 Å². The molecule has 1 aromatic carbocycles. The van der Waals surface area contributed by atoms with Gasteiger partial charge in [-0.25, -0.2) is 4.39 Å². The fourth-order valence-electron chi connectivity index (χ4n) is 3.16. The number of halogens is 5. The summed E-state index contributed by atoms with van der Waals surface area (Å²) in [4.78, 5) is 30.5. The third-order valence-electron chi connectivity index (χ3n) is 4.66. The lowest BCUT2D eigenvalue weighted by Gasteiger charge is -2.24. The van der Waals surface area contributed by atoms with E-state index in [1.165, 1.54) is 11.6 Å². The number of allylic oxidation sites excluding steroid dienone is 2. The largest absolute Gasteiger partial charge is 0.419 e. The van der Waals surface area contributed by atoms with E-state index in [0.29, 0.717) is 24.3 Å². The second kappa shape index (κ2) is 11.7. The van der Waals surface area contributed by atoms with Gasteiger partial charge in [-0.15, -0.1) is 11.8 Å². The molecule has 0 heterocycles. The first kappa shape index (κ1) is 25.4. The van der Waals surface area contributed by atoms with Crippen molar-refractivity contribution in [2.24, 2.45) is 5.92 Å². The average molecular weight is 480 g/mol. The lowest BCUT2D eigenvalue weighted by molar-refractivity contribution is -0.140. The fourth-order valence-corrected chi connectivity index (χ4v) is 4.29. The van der Waals surface area contributed by atoms with Crippen LogP contribution in [0.15, 0.2) is 46.0 Å². The SMILES string of the molecule is CCC(NOC/C=C/Cl)=C1C(=O)CC(CCSc2ccc(F)c(C(F)(F)F)c2)CC1=O. The smallest absolute Gasteiger partial charge is 0.294 e. The molecule has 4 nitrogen and oxygen atoms in total. The molecule has 0 saturated heterocycles. The summed E-state index contributed by atoms with van der Waals surface area (Å²) in [6.45, 7) is 1.96. The summed E-state index contributed by atoms with van der Waals surface area (Å²) in [5.41, 5.74) is 3.14. The van der Waals surface area contributed by atoms with Gasteiger partial charge in [0.15, 0.2) is 11.6 Å². The van der Waals surface area contributed by atoms with Gasteiger partial charge < -0.3 is 0 Å². The monoisotopic (exact) mass is 479 g/mol. The molecule has 1 saturated carbocycles. The summed E-state index contributed by atoms with van der Waals surface area (Å²) in [5.74, 6) is -1.68. The van der Waals surface area contributed by atoms with Crippen LogP contribution in [0.1, 0.15) is 38.2 Å². The van der Waals surface area contributed by atoms with Gasteiger partial charge in [-0.3, -0.25) is 19.9 Å². The van der Waals surface area contributed by atoms with Gasteiger partial charge in [0.05, 0.1) is 23.4 Å². The minimum Gasteiger partial charge on any atom is -0.294 e. The van der Waals surface area contributed by atoms with Crippen LogP contribution in [0.4, 0.5) is 17.6 Å². The number of carbonyl (C=O) groups excluding carboxylic acids is 2. The summed E-state index contributed by atoms with van der Waals surface area (Å²) in [5, 5.41) is 0. The van der Waals surface area contributed by atoms with Crippen LogP contribution in [0.2, 0.25) is 0 Å². The van der Waals surface area contributed by atoms with Crippen molar-refractivity contribution in [1.82, 2.24) is 5.48 Å². The zero-order chi connectivity index (χ0) is 23.0. The number of alkyl halides is 3. The number of nitrogens with one attached hydrogen (secondary N) is 1. The Kier molecular flexibility index (Phi) is 9.58. The fraction of sp³-hybridized carbons (Fsp3) is 0.429. The third-order valence-corrected chi connectivity index (χ3v) is 5.87. The minimum absolute atomic E-state index is 0.106. The van der Waals surface area contributed by atoms with Crippen LogP contribution in [0.3, 0.4) is 0 Å². The third kappa shape index (κ3) is 7.36. The molecular weight excluding hydrogens is 458 g/mol. The summed E-state index contributed by atoms with van der Waals surface area (Å²) in [7, 11) is 0. The van der Waals surface area contributed by atoms with Gasteiger partial charge in [0.2, 0.25) is 0 Å². The van der Waals surface area contributed by atoms with E-state index in [1.807, 2.05) is 0 Å². The van der Waals surface area contributed by atoms with Gasteiger partial charge in [-0.05, 0) is 48.8 Å². The van der Waals surface area contributed by atoms with Crippen molar-refractivity contribution >= 4 is 34.9 Å². The van der Waals surface area contributed by atoms with Crippen molar-refractivity contribution in [2.75, 3.05) is 12.4 Å². The highest BCUT2D eigenvalue weighted by Gasteiger charge is 2.35. The Morgan fingerprint density at radius 1 is 1.29 bits per heavy atom. The quantitative estimate of drug-likeness (QED) is 0.121. The molecule has 1 aliphatic carbocycles. The van der Waals surface area contributed by atoms with Crippen molar-refractivity contribution in [1.29, 1.82) is 0 Å². The molecule has 0 aliphatic heterocycles. The van der Waals surface area contributed by atoms with Crippen LogP contribution < -0.4 is 5.48 Å². The maximum absolute atomic E-state index is 13.4. The molecular formula is C21H22ClF4NO3S. The molecule has 2 rings (SSSR count). The standard InChI is InChI=1S/C21H22ClF4NO3S/c1-2-17(27-30-8-3-7-22)20-18(28)10-13(11-19(20)29)6-9-31-14-4-5-16(23)15(12-14)21(24,25)26/h3-5,7,12-13,27H,2,6,8-11H2,1H3/b7-3+,20-17?. The van der Waals surface area contributed by atoms with E-state index in [1.54, 1.807) is 13.0 Å². The molecule has 0 radical (unpaired) electrons. The van der Waals surface area contributed by atoms with E-state index >= 15 is 0 Å². The molecule has 0 amide bonds. The molecule has 0 aromatic heterocycles. The number of hydrogen-bond acceptors (Lipinski definition) is 5. The van der Waals surface area contributed by atoms with Crippen molar-refractivity contribution in [3.05, 3.63) is 52.5 Å². The van der Waals surface area contributed by atoms with Crippen LogP contribution in [0, 0.1) is 11.7 Å². The second-order valence-electron chi connectivity index (χ2n) is 6.88. The Morgan fingerprint density at radius 3 is 2.55 bits per heavy atom. The molecule has 170 valence electrons. The zero-order valence-corrected chi connectivity index (χ0v) is 18.3. The molecule has 1 aliphatic rings. The van der Waals surface area contributed by atoms with Gasteiger partial charge in [-0.2, -0.15) is 13.2 Å². The molecule has 10 heteroatoms. The van der Waals surface area contributed by atoms with E-state index in [2.05, 4.69) is 5.48 Å². The predicted octanol–water partition coefficient (Wildman–Crippen LogP) is 5.81. The van der Waals surface area contributed by atoms with Crippen molar-refractivity contribution < 1.29 is 32.0 Å². The first-order valence-corrected chi connectivity index (χ1v) is 11.0. The molecule has 0 atom stereocenters. The van der Waals surface area contributed by atoms with Gasteiger partial charge in [0.1, 0.15) is 5.82 Å². The number of Topliss-reactive ketones (excluding diaryl/α,β-unsaturated/α-hetero) is 2. The number of hydrogen-bond donors (Lipinski definition) is 1. The number of ketones is 2. The molecule has 0 spiro atoms. The highest BCUT2D eigenvalue weighted by Crippen LogP contribution is 2.35. The molecule has 1 N–H and O–H groups in total. The van der Waals surface area contributed by atoms with Crippen LogP contribution >= 0.6 is 23.4 Å². The molecule has 31 heavy (non-hydrogen) atoms. The normalized spacial score (nSPS) is 17.5.